The molecule has 0 aliphatic carbocycles. The van der Waals surface area contributed by atoms with Crippen LogP contribution in [0.3, 0.4) is 0 Å². The van der Waals surface area contributed by atoms with Crippen LogP contribution in [0.5, 0.6) is 0 Å². The molecule has 1 amide bonds. The molecule has 2 rings (SSSR count). The Morgan fingerprint density at radius 3 is 2.84 bits per heavy atom. The van der Waals surface area contributed by atoms with E-state index in [1.165, 1.54) is 0 Å². The van der Waals surface area contributed by atoms with Crippen molar-refractivity contribution in [1.29, 1.82) is 5.26 Å². The first-order valence-electron chi connectivity index (χ1n) is 6.00. The van der Waals surface area contributed by atoms with Gasteiger partial charge in [0.15, 0.2) is 0 Å². The number of aryl methyl sites for hydroxylation is 2. The number of anilines is 1. The minimum absolute atomic E-state index is 0.250. The van der Waals surface area contributed by atoms with Gasteiger partial charge in [-0.05, 0) is 26.0 Å². The summed E-state index contributed by atoms with van der Waals surface area (Å²) < 4.78 is 1.71. The Hall–Kier alpha value is -2.61. The molecule has 0 fully saturated rings. The zero-order valence-electron chi connectivity index (χ0n) is 10.8. The van der Waals surface area contributed by atoms with Crippen molar-refractivity contribution in [3.63, 3.8) is 0 Å². The maximum atomic E-state index is 12.2. The Balaban J connectivity index is 2.26. The molecule has 96 valence electrons. The standard InChI is InChI=1S/C14H14N4O/c1-3-18-9-12(10(2)17-18)14(19)16-13-7-5-4-6-11(13)8-15/h4-7,9H,3H2,1-2H3,(H,16,19). The van der Waals surface area contributed by atoms with E-state index < -0.39 is 0 Å². The van der Waals surface area contributed by atoms with Crippen LogP contribution in [0.15, 0.2) is 30.5 Å². The summed E-state index contributed by atoms with van der Waals surface area (Å²) in [5, 5.41) is 15.9. The SMILES string of the molecule is CCn1cc(C(=O)Nc2ccccc2C#N)c(C)n1. The first-order valence-corrected chi connectivity index (χ1v) is 6.00. The van der Waals surface area contributed by atoms with Crippen molar-refractivity contribution in [3.05, 3.63) is 47.3 Å². The summed E-state index contributed by atoms with van der Waals surface area (Å²) in [4.78, 5) is 12.2. The molecule has 0 atom stereocenters. The fourth-order valence-electron chi connectivity index (χ4n) is 1.78. The Morgan fingerprint density at radius 2 is 2.21 bits per heavy atom. The Labute approximate surface area is 111 Å². The van der Waals surface area contributed by atoms with Crippen molar-refractivity contribution in [3.8, 4) is 6.07 Å². The van der Waals surface area contributed by atoms with E-state index in [2.05, 4.69) is 10.4 Å². The van der Waals surface area contributed by atoms with Crippen LogP contribution in [0.25, 0.3) is 0 Å². The molecule has 0 radical (unpaired) electrons. The summed E-state index contributed by atoms with van der Waals surface area (Å²) in [6.45, 7) is 4.46. The van der Waals surface area contributed by atoms with Gasteiger partial charge in [-0.15, -0.1) is 0 Å². The lowest BCUT2D eigenvalue weighted by molar-refractivity contribution is 0.102. The minimum Gasteiger partial charge on any atom is -0.321 e. The second kappa shape index (κ2) is 5.36. The first kappa shape index (κ1) is 12.8. The molecular weight excluding hydrogens is 240 g/mol. The lowest BCUT2D eigenvalue weighted by atomic mass is 10.2. The topological polar surface area (TPSA) is 70.7 Å². The summed E-state index contributed by atoms with van der Waals surface area (Å²) in [6.07, 6.45) is 1.71. The largest absolute Gasteiger partial charge is 0.321 e. The monoisotopic (exact) mass is 254 g/mol. The third kappa shape index (κ3) is 2.63. The number of rotatable bonds is 3. The third-order valence-electron chi connectivity index (χ3n) is 2.81. The predicted octanol–water partition coefficient (Wildman–Crippen LogP) is 2.34. The highest BCUT2D eigenvalue weighted by atomic mass is 16.1. The normalized spacial score (nSPS) is 9.95. The summed E-state index contributed by atoms with van der Waals surface area (Å²) >= 11 is 0. The Bertz CT molecular complexity index is 652. The van der Waals surface area contributed by atoms with Gasteiger partial charge in [0.1, 0.15) is 6.07 Å². The molecule has 19 heavy (non-hydrogen) atoms. The summed E-state index contributed by atoms with van der Waals surface area (Å²) in [5.41, 5.74) is 2.15. The smallest absolute Gasteiger partial charge is 0.259 e. The molecule has 0 aliphatic heterocycles. The maximum Gasteiger partial charge on any atom is 0.259 e. The molecule has 2 aromatic rings. The number of hydrogen-bond donors (Lipinski definition) is 1. The van der Waals surface area contributed by atoms with Crippen molar-refractivity contribution in [2.75, 3.05) is 5.32 Å². The molecule has 0 unspecified atom stereocenters. The van der Waals surface area contributed by atoms with Crippen LogP contribution in [0, 0.1) is 18.3 Å². The quantitative estimate of drug-likeness (QED) is 0.913. The van der Waals surface area contributed by atoms with Gasteiger partial charge in [-0.2, -0.15) is 10.4 Å². The summed E-state index contributed by atoms with van der Waals surface area (Å²) in [6, 6.07) is 8.95. The number of hydrogen-bond acceptors (Lipinski definition) is 3. The van der Waals surface area contributed by atoms with Crippen LogP contribution in [0.4, 0.5) is 5.69 Å². The average molecular weight is 254 g/mol. The number of carbonyl (C=O) groups is 1. The van der Waals surface area contributed by atoms with Crippen LogP contribution in [-0.2, 0) is 6.54 Å². The van der Waals surface area contributed by atoms with Crippen LogP contribution < -0.4 is 5.32 Å². The number of amides is 1. The molecule has 1 aromatic carbocycles. The van der Waals surface area contributed by atoms with Crippen molar-refractivity contribution in [2.45, 2.75) is 20.4 Å². The highest BCUT2D eigenvalue weighted by Gasteiger charge is 2.14. The molecule has 1 heterocycles. The van der Waals surface area contributed by atoms with Gasteiger partial charge in [0.05, 0.1) is 22.5 Å². The molecule has 5 nitrogen and oxygen atoms in total. The van der Waals surface area contributed by atoms with E-state index in [-0.39, 0.29) is 5.91 Å². The van der Waals surface area contributed by atoms with Crippen LogP contribution in [0.2, 0.25) is 0 Å². The number of nitrogens with one attached hydrogen (secondary N) is 1. The molecular formula is C14H14N4O. The fourth-order valence-corrected chi connectivity index (χ4v) is 1.78. The van der Waals surface area contributed by atoms with E-state index in [0.29, 0.717) is 29.1 Å². The second-order valence-electron chi connectivity index (χ2n) is 4.10. The molecule has 0 bridgehead atoms. The molecule has 0 saturated carbocycles. The number of benzene rings is 1. The van der Waals surface area contributed by atoms with Gasteiger partial charge < -0.3 is 5.32 Å². The molecule has 1 aromatic heterocycles. The van der Waals surface area contributed by atoms with Crippen molar-refractivity contribution in [2.24, 2.45) is 0 Å². The highest BCUT2D eigenvalue weighted by Crippen LogP contribution is 2.16. The minimum atomic E-state index is -0.250. The Kier molecular flexibility index (Phi) is 3.62. The van der Waals surface area contributed by atoms with Gasteiger partial charge in [-0.1, -0.05) is 12.1 Å². The van der Waals surface area contributed by atoms with E-state index in [0.717, 1.165) is 0 Å². The number of nitrogens with zero attached hydrogens (tertiary/aromatic N) is 3. The first-order chi connectivity index (χ1) is 9.15. The number of aromatic nitrogens is 2. The van der Waals surface area contributed by atoms with E-state index in [4.69, 9.17) is 5.26 Å². The number of para-hydroxylation sites is 1. The van der Waals surface area contributed by atoms with Crippen molar-refractivity contribution < 1.29 is 4.79 Å². The van der Waals surface area contributed by atoms with E-state index in [1.54, 1.807) is 42.1 Å². The molecule has 0 spiro atoms. The van der Waals surface area contributed by atoms with Gasteiger partial charge in [0.2, 0.25) is 0 Å². The van der Waals surface area contributed by atoms with Crippen LogP contribution in [0.1, 0.15) is 28.5 Å². The summed E-state index contributed by atoms with van der Waals surface area (Å²) in [5.74, 6) is -0.250. The summed E-state index contributed by atoms with van der Waals surface area (Å²) in [7, 11) is 0. The lowest BCUT2D eigenvalue weighted by Crippen LogP contribution is -2.13. The van der Waals surface area contributed by atoms with Gasteiger partial charge in [-0.25, -0.2) is 0 Å². The lowest BCUT2D eigenvalue weighted by Gasteiger charge is -2.05. The van der Waals surface area contributed by atoms with Crippen LogP contribution in [-0.4, -0.2) is 15.7 Å². The highest BCUT2D eigenvalue weighted by molar-refractivity contribution is 6.05. The van der Waals surface area contributed by atoms with Gasteiger partial charge in [0, 0.05) is 12.7 Å². The molecule has 0 saturated heterocycles. The van der Waals surface area contributed by atoms with Gasteiger partial charge in [-0.3, -0.25) is 9.48 Å². The predicted molar refractivity (Wildman–Crippen MR) is 71.7 cm³/mol. The van der Waals surface area contributed by atoms with Gasteiger partial charge >= 0.3 is 0 Å². The molecule has 0 aliphatic rings. The maximum absolute atomic E-state index is 12.2. The number of nitriles is 1. The molecule has 5 heteroatoms. The zero-order chi connectivity index (χ0) is 13.8. The van der Waals surface area contributed by atoms with Crippen LogP contribution >= 0.6 is 0 Å². The van der Waals surface area contributed by atoms with Gasteiger partial charge in [0.25, 0.3) is 5.91 Å². The van der Waals surface area contributed by atoms with E-state index in [9.17, 15) is 4.79 Å². The zero-order valence-corrected chi connectivity index (χ0v) is 10.8. The fraction of sp³-hybridized carbons (Fsp3) is 0.214. The average Bonchev–Trinajstić information content (AvgIpc) is 2.80. The van der Waals surface area contributed by atoms with E-state index in [1.807, 2.05) is 13.0 Å². The number of carbonyl (C=O) groups excluding carboxylic acids is 1. The van der Waals surface area contributed by atoms with Crippen molar-refractivity contribution in [1.82, 2.24) is 9.78 Å². The van der Waals surface area contributed by atoms with Crippen molar-refractivity contribution >= 4 is 11.6 Å². The van der Waals surface area contributed by atoms with E-state index >= 15 is 0 Å². The Morgan fingerprint density at radius 1 is 1.47 bits per heavy atom. The third-order valence-corrected chi connectivity index (χ3v) is 2.81. The second-order valence-corrected chi connectivity index (χ2v) is 4.10. The molecule has 1 N–H and O–H groups in total.